The molecule has 3 rings (SSSR count). The third-order valence-electron chi connectivity index (χ3n) is 4.15. The molecule has 0 spiro atoms. The van der Waals surface area contributed by atoms with Crippen LogP contribution in [0.2, 0.25) is 0 Å². The highest BCUT2D eigenvalue weighted by Gasteiger charge is 2.27. The van der Waals surface area contributed by atoms with Gasteiger partial charge in [-0.05, 0) is 29.3 Å². The molecule has 0 atom stereocenters. The zero-order valence-electron chi connectivity index (χ0n) is 15.6. The van der Waals surface area contributed by atoms with E-state index in [9.17, 15) is 27.2 Å². The maximum absolute atomic E-state index is 13.4. The maximum Gasteiger partial charge on any atom is 0.411 e. The predicted molar refractivity (Wildman–Crippen MR) is 100.0 cm³/mol. The minimum absolute atomic E-state index is 0.0774. The molecular formula is C20H17F4N3O3. The van der Waals surface area contributed by atoms with E-state index >= 15 is 0 Å². The van der Waals surface area contributed by atoms with Crippen LogP contribution in [-0.2, 0) is 29.2 Å². The monoisotopic (exact) mass is 423 g/mol. The number of carbonyl (C=O) groups excluding carboxylic acids is 1. The summed E-state index contributed by atoms with van der Waals surface area (Å²) in [5, 5.41) is 2.71. The second kappa shape index (κ2) is 9.04. The Bertz CT molecular complexity index is 1100. The summed E-state index contributed by atoms with van der Waals surface area (Å²) in [5.41, 5.74) is 1.08. The van der Waals surface area contributed by atoms with Gasteiger partial charge < -0.3 is 10.1 Å². The summed E-state index contributed by atoms with van der Waals surface area (Å²) >= 11 is 0. The first-order valence-electron chi connectivity index (χ1n) is 8.85. The summed E-state index contributed by atoms with van der Waals surface area (Å²) in [6, 6.07) is 10.2. The second-order valence-corrected chi connectivity index (χ2v) is 6.54. The lowest BCUT2D eigenvalue weighted by molar-refractivity contribution is -0.176. The van der Waals surface area contributed by atoms with E-state index in [1.807, 2.05) is 0 Å². The van der Waals surface area contributed by atoms with Gasteiger partial charge in [0.1, 0.15) is 19.0 Å². The molecule has 0 fully saturated rings. The Kier molecular flexibility index (Phi) is 6.46. The van der Waals surface area contributed by atoms with Crippen LogP contribution in [0.25, 0.3) is 10.9 Å². The first-order valence-corrected chi connectivity index (χ1v) is 8.85. The Labute approximate surface area is 168 Å². The molecule has 1 aromatic heterocycles. The molecule has 0 unspecified atom stereocenters. The van der Waals surface area contributed by atoms with Crippen LogP contribution in [-0.4, -0.2) is 28.2 Å². The van der Waals surface area contributed by atoms with Crippen molar-refractivity contribution in [3.63, 3.8) is 0 Å². The summed E-state index contributed by atoms with van der Waals surface area (Å²) in [5.74, 6) is -1.02. The molecule has 0 bridgehead atoms. The summed E-state index contributed by atoms with van der Waals surface area (Å²) < 4.78 is 55.2. The number of rotatable bonds is 7. The van der Waals surface area contributed by atoms with E-state index in [0.29, 0.717) is 16.6 Å². The highest BCUT2D eigenvalue weighted by molar-refractivity contribution is 5.79. The molecule has 0 aliphatic rings. The van der Waals surface area contributed by atoms with Crippen molar-refractivity contribution in [1.29, 1.82) is 0 Å². The molecule has 1 heterocycles. The van der Waals surface area contributed by atoms with Crippen LogP contribution in [0, 0.1) is 5.82 Å². The van der Waals surface area contributed by atoms with Gasteiger partial charge in [-0.2, -0.15) is 13.2 Å². The van der Waals surface area contributed by atoms with Crippen LogP contribution in [0.3, 0.4) is 0 Å². The van der Waals surface area contributed by atoms with E-state index in [1.165, 1.54) is 18.5 Å². The lowest BCUT2D eigenvalue weighted by Gasteiger charge is -2.10. The van der Waals surface area contributed by atoms with Crippen molar-refractivity contribution >= 4 is 16.8 Å². The molecule has 0 radical (unpaired) electrons. The van der Waals surface area contributed by atoms with Gasteiger partial charge in [-0.3, -0.25) is 14.2 Å². The molecular weight excluding hydrogens is 406 g/mol. The number of benzene rings is 2. The number of nitrogens with one attached hydrogen (secondary N) is 1. The fourth-order valence-corrected chi connectivity index (χ4v) is 2.69. The summed E-state index contributed by atoms with van der Waals surface area (Å²) in [4.78, 5) is 28.6. The van der Waals surface area contributed by atoms with Crippen molar-refractivity contribution < 1.29 is 27.1 Å². The van der Waals surface area contributed by atoms with Gasteiger partial charge in [0.2, 0.25) is 5.91 Å². The SMILES string of the molecule is O=C(Cn1cnc2ccc(F)cc2c1=O)NCc1ccc(COCC(F)(F)F)cc1. The Morgan fingerprint density at radius 1 is 1.10 bits per heavy atom. The number of hydrogen-bond acceptors (Lipinski definition) is 4. The fourth-order valence-electron chi connectivity index (χ4n) is 2.69. The number of halogens is 4. The second-order valence-electron chi connectivity index (χ2n) is 6.54. The van der Waals surface area contributed by atoms with Gasteiger partial charge in [0, 0.05) is 6.54 Å². The molecule has 0 saturated carbocycles. The van der Waals surface area contributed by atoms with Crippen LogP contribution >= 0.6 is 0 Å². The van der Waals surface area contributed by atoms with Crippen molar-refractivity contribution in [3.8, 4) is 0 Å². The molecule has 30 heavy (non-hydrogen) atoms. The fraction of sp³-hybridized carbons (Fsp3) is 0.250. The minimum Gasteiger partial charge on any atom is -0.367 e. The molecule has 3 aromatic rings. The van der Waals surface area contributed by atoms with E-state index in [-0.39, 0.29) is 25.1 Å². The standard InChI is InChI=1S/C20H17F4N3O3/c21-15-5-6-17-16(7-15)19(29)27(12-26-17)9-18(28)25-8-13-1-3-14(4-2-13)10-30-11-20(22,23)24/h1-7,12H,8-11H2,(H,25,28). The molecule has 2 aromatic carbocycles. The summed E-state index contributed by atoms with van der Waals surface area (Å²) in [7, 11) is 0. The largest absolute Gasteiger partial charge is 0.411 e. The van der Waals surface area contributed by atoms with Gasteiger partial charge in [-0.1, -0.05) is 24.3 Å². The van der Waals surface area contributed by atoms with E-state index in [2.05, 4.69) is 15.0 Å². The predicted octanol–water partition coefficient (Wildman–Crippen LogP) is 2.93. The lowest BCUT2D eigenvalue weighted by Crippen LogP contribution is -2.32. The molecule has 10 heteroatoms. The third-order valence-corrected chi connectivity index (χ3v) is 4.15. The van der Waals surface area contributed by atoms with Crippen LogP contribution in [0.4, 0.5) is 17.6 Å². The molecule has 6 nitrogen and oxygen atoms in total. The third kappa shape index (κ3) is 5.86. The number of amides is 1. The molecule has 0 saturated heterocycles. The number of aromatic nitrogens is 2. The van der Waals surface area contributed by atoms with Gasteiger partial charge in [0.15, 0.2) is 0 Å². The highest BCUT2D eigenvalue weighted by Crippen LogP contribution is 2.16. The van der Waals surface area contributed by atoms with Crippen LogP contribution in [0.15, 0.2) is 53.6 Å². The van der Waals surface area contributed by atoms with Gasteiger partial charge >= 0.3 is 6.18 Å². The van der Waals surface area contributed by atoms with Crippen molar-refractivity contribution in [1.82, 2.24) is 14.9 Å². The Hall–Kier alpha value is -3.27. The van der Waals surface area contributed by atoms with Gasteiger partial charge in [-0.25, -0.2) is 9.37 Å². The normalized spacial score (nSPS) is 11.6. The lowest BCUT2D eigenvalue weighted by atomic mass is 10.1. The van der Waals surface area contributed by atoms with E-state index in [0.717, 1.165) is 10.6 Å². The smallest absolute Gasteiger partial charge is 0.367 e. The van der Waals surface area contributed by atoms with Gasteiger partial charge in [0.05, 0.1) is 23.8 Å². The zero-order valence-corrected chi connectivity index (χ0v) is 15.6. The Balaban J connectivity index is 1.54. The number of fused-ring (bicyclic) bond motifs is 1. The Morgan fingerprint density at radius 2 is 1.80 bits per heavy atom. The maximum atomic E-state index is 13.4. The van der Waals surface area contributed by atoms with Gasteiger partial charge in [0.25, 0.3) is 5.56 Å². The first kappa shape index (κ1) is 21.4. The quantitative estimate of drug-likeness (QED) is 0.593. The van der Waals surface area contributed by atoms with Crippen LogP contribution in [0.5, 0.6) is 0 Å². The van der Waals surface area contributed by atoms with Crippen LogP contribution in [0.1, 0.15) is 11.1 Å². The van der Waals surface area contributed by atoms with Crippen molar-refractivity contribution in [3.05, 3.63) is 76.1 Å². The molecule has 0 aliphatic heterocycles. The number of hydrogen-bond donors (Lipinski definition) is 1. The molecule has 0 aliphatic carbocycles. The first-order chi connectivity index (χ1) is 14.2. The van der Waals surface area contributed by atoms with Gasteiger partial charge in [-0.15, -0.1) is 0 Å². The zero-order chi connectivity index (χ0) is 21.7. The average Bonchev–Trinajstić information content (AvgIpc) is 2.69. The van der Waals surface area contributed by atoms with Crippen molar-refractivity contribution in [2.45, 2.75) is 25.9 Å². The summed E-state index contributed by atoms with van der Waals surface area (Å²) in [6.45, 7) is -1.63. The topological polar surface area (TPSA) is 73.2 Å². The highest BCUT2D eigenvalue weighted by atomic mass is 19.4. The molecule has 158 valence electrons. The number of ether oxygens (including phenoxy) is 1. The van der Waals surface area contributed by atoms with E-state index in [4.69, 9.17) is 0 Å². The van der Waals surface area contributed by atoms with Crippen molar-refractivity contribution in [2.75, 3.05) is 6.61 Å². The number of nitrogens with zero attached hydrogens (tertiary/aromatic N) is 2. The summed E-state index contributed by atoms with van der Waals surface area (Å²) in [6.07, 6.45) is -3.15. The van der Waals surface area contributed by atoms with Crippen LogP contribution < -0.4 is 10.9 Å². The van der Waals surface area contributed by atoms with E-state index in [1.54, 1.807) is 24.3 Å². The minimum atomic E-state index is -4.37. The van der Waals surface area contributed by atoms with Crippen molar-refractivity contribution in [2.24, 2.45) is 0 Å². The number of carbonyl (C=O) groups is 1. The molecule has 1 amide bonds. The van der Waals surface area contributed by atoms with E-state index < -0.39 is 30.1 Å². The molecule has 1 N–H and O–H groups in total. The Morgan fingerprint density at radius 3 is 2.50 bits per heavy atom. The number of alkyl halides is 3. The average molecular weight is 423 g/mol.